The lowest BCUT2D eigenvalue weighted by molar-refractivity contribution is 0.0985. The van der Waals surface area contributed by atoms with Crippen LogP contribution in [0.4, 0.5) is 5.13 Å². The lowest BCUT2D eigenvalue weighted by Crippen LogP contribution is -2.30. The van der Waals surface area contributed by atoms with Crippen LogP contribution < -0.4 is 4.90 Å². The van der Waals surface area contributed by atoms with Crippen molar-refractivity contribution in [2.45, 2.75) is 25.3 Å². The summed E-state index contributed by atoms with van der Waals surface area (Å²) >= 11 is 1.49. The summed E-state index contributed by atoms with van der Waals surface area (Å²) < 4.78 is 24.6. The zero-order valence-corrected chi connectivity index (χ0v) is 19.1. The Bertz CT molecular complexity index is 1320. The Labute approximate surface area is 185 Å². The average Bonchev–Trinajstić information content (AvgIpc) is 3.21. The molecule has 0 N–H and O–H groups in total. The Hall–Kier alpha value is -3.03. The van der Waals surface area contributed by atoms with Gasteiger partial charge in [-0.05, 0) is 54.8 Å². The second kappa shape index (κ2) is 8.24. The third kappa shape index (κ3) is 4.38. The normalized spacial score (nSPS) is 11.6. The lowest BCUT2D eigenvalue weighted by atomic mass is 10.1. The van der Waals surface area contributed by atoms with Crippen molar-refractivity contribution in [1.82, 2.24) is 4.98 Å². The first-order valence-electron chi connectivity index (χ1n) is 9.77. The number of sulfone groups is 1. The number of aryl methyl sites for hydroxylation is 2. The molecule has 0 saturated carbocycles. The van der Waals surface area contributed by atoms with E-state index in [4.69, 9.17) is 4.98 Å². The summed E-state index contributed by atoms with van der Waals surface area (Å²) in [6.45, 7) is 4.42. The molecule has 31 heavy (non-hydrogen) atoms. The van der Waals surface area contributed by atoms with Gasteiger partial charge in [0.05, 0.1) is 21.7 Å². The minimum Gasteiger partial charge on any atom is -0.279 e. The molecular formula is C24H22N2O3S2. The van der Waals surface area contributed by atoms with Crippen molar-refractivity contribution < 1.29 is 13.2 Å². The van der Waals surface area contributed by atoms with Crippen molar-refractivity contribution in [3.05, 3.63) is 89.0 Å². The Balaban J connectivity index is 1.79. The SMILES string of the molecule is Cc1ccc(C)c2sc(N(Cc3ccccc3)C(=O)c3ccc(S(C)(=O)=O)cc3)nc12. The van der Waals surface area contributed by atoms with Gasteiger partial charge in [0.1, 0.15) is 0 Å². The monoisotopic (exact) mass is 450 g/mol. The molecule has 5 nitrogen and oxygen atoms in total. The molecule has 158 valence electrons. The van der Waals surface area contributed by atoms with Gasteiger partial charge in [0.15, 0.2) is 15.0 Å². The fourth-order valence-corrected chi connectivity index (χ4v) is 5.10. The molecule has 4 rings (SSSR count). The molecule has 0 fully saturated rings. The van der Waals surface area contributed by atoms with E-state index < -0.39 is 9.84 Å². The van der Waals surface area contributed by atoms with Crippen LogP contribution in [0.25, 0.3) is 10.2 Å². The highest BCUT2D eigenvalue weighted by atomic mass is 32.2. The van der Waals surface area contributed by atoms with Crippen molar-refractivity contribution in [3.63, 3.8) is 0 Å². The van der Waals surface area contributed by atoms with E-state index in [1.54, 1.807) is 17.0 Å². The van der Waals surface area contributed by atoms with E-state index in [0.29, 0.717) is 17.2 Å². The average molecular weight is 451 g/mol. The molecule has 0 atom stereocenters. The van der Waals surface area contributed by atoms with E-state index in [2.05, 4.69) is 6.07 Å². The van der Waals surface area contributed by atoms with Crippen LogP contribution in [0.1, 0.15) is 27.0 Å². The molecule has 0 aliphatic heterocycles. The first-order chi connectivity index (χ1) is 14.7. The molecule has 4 aromatic rings. The number of carbonyl (C=O) groups is 1. The second-order valence-electron chi connectivity index (χ2n) is 7.55. The van der Waals surface area contributed by atoms with E-state index in [1.165, 1.54) is 23.5 Å². The van der Waals surface area contributed by atoms with Crippen LogP contribution in [-0.2, 0) is 16.4 Å². The molecule has 1 heterocycles. The minimum atomic E-state index is -3.33. The van der Waals surface area contributed by atoms with Crippen molar-refractivity contribution >= 4 is 42.4 Å². The first kappa shape index (κ1) is 21.2. The summed E-state index contributed by atoms with van der Waals surface area (Å²) in [7, 11) is -3.33. The first-order valence-corrected chi connectivity index (χ1v) is 12.5. The Kier molecular flexibility index (Phi) is 5.64. The summed E-state index contributed by atoms with van der Waals surface area (Å²) in [5, 5.41) is 0.619. The van der Waals surface area contributed by atoms with Crippen LogP contribution in [0.5, 0.6) is 0 Å². The standard InChI is InChI=1S/C24H22N2O3S2/c1-16-9-10-17(2)22-21(16)25-24(30-22)26(15-18-7-5-4-6-8-18)23(27)19-11-13-20(14-12-19)31(3,28)29/h4-14H,15H2,1-3H3. The maximum absolute atomic E-state index is 13.5. The highest BCUT2D eigenvalue weighted by Gasteiger charge is 2.23. The Morgan fingerprint density at radius 2 is 1.58 bits per heavy atom. The van der Waals surface area contributed by atoms with E-state index in [0.717, 1.165) is 33.2 Å². The molecule has 1 amide bonds. The molecule has 1 aromatic heterocycles. The topological polar surface area (TPSA) is 67.3 Å². The summed E-state index contributed by atoms with van der Waals surface area (Å²) in [6.07, 6.45) is 1.15. The van der Waals surface area contributed by atoms with Crippen molar-refractivity contribution in [3.8, 4) is 0 Å². The molecule has 0 unspecified atom stereocenters. The van der Waals surface area contributed by atoms with E-state index >= 15 is 0 Å². The zero-order valence-electron chi connectivity index (χ0n) is 17.5. The molecular weight excluding hydrogens is 428 g/mol. The molecule has 0 saturated heterocycles. The van der Waals surface area contributed by atoms with Gasteiger partial charge >= 0.3 is 0 Å². The highest BCUT2D eigenvalue weighted by Crippen LogP contribution is 2.34. The van der Waals surface area contributed by atoms with Crippen LogP contribution in [-0.4, -0.2) is 25.6 Å². The summed E-state index contributed by atoms with van der Waals surface area (Å²) in [6, 6.07) is 19.9. The van der Waals surface area contributed by atoms with E-state index in [-0.39, 0.29) is 10.8 Å². The fraction of sp³-hybridized carbons (Fsp3) is 0.167. The van der Waals surface area contributed by atoms with Gasteiger partial charge in [-0.3, -0.25) is 9.69 Å². The fourth-order valence-electron chi connectivity index (χ4n) is 3.36. The number of carbonyl (C=O) groups excluding carboxylic acids is 1. The van der Waals surface area contributed by atoms with Gasteiger partial charge in [-0.25, -0.2) is 13.4 Å². The van der Waals surface area contributed by atoms with Gasteiger partial charge in [-0.1, -0.05) is 53.8 Å². The Morgan fingerprint density at radius 3 is 2.19 bits per heavy atom. The molecule has 0 bridgehead atoms. The van der Waals surface area contributed by atoms with Gasteiger partial charge in [0, 0.05) is 11.8 Å². The molecule has 0 spiro atoms. The van der Waals surface area contributed by atoms with Crippen LogP contribution in [0.15, 0.2) is 71.6 Å². The number of hydrogen-bond donors (Lipinski definition) is 0. The van der Waals surface area contributed by atoms with E-state index in [1.807, 2.05) is 50.2 Å². The van der Waals surface area contributed by atoms with Gasteiger partial charge in [-0.2, -0.15) is 0 Å². The third-order valence-electron chi connectivity index (χ3n) is 5.12. The van der Waals surface area contributed by atoms with Crippen molar-refractivity contribution in [1.29, 1.82) is 0 Å². The van der Waals surface area contributed by atoms with Crippen molar-refractivity contribution in [2.75, 3.05) is 11.2 Å². The van der Waals surface area contributed by atoms with Gasteiger partial charge in [0.2, 0.25) is 0 Å². The van der Waals surface area contributed by atoms with Crippen LogP contribution in [0.3, 0.4) is 0 Å². The summed E-state index contributed by atoms with van der Waals surface area (Å²) in [4.78, 5) is 20.1. The molecule has 0 aliphatic carbocycles. The summed E-state index contributed by atoms with van der Waals surface area (Å²) in [5.41, 5.74) is 4.48. The Morgan fingerprint density at radius 1 is 0.935 bits per heavy atom. The molecule has 0 radical (unpaired) electrons. The molecule has 3 aromatic carbocycles. The lowest BCUT2D eigenvalue weighted by Gasteiger charge is -2.20. The number of benzene rings is 3. The van der Waals surface area contributed by atoms with Crippen LogP contribution in [0.2, 0.25) is 0 Å². The number of nitrogens with zero attached hydrogens (tertiary/aromatic N) is 2. The van der Waals surface area contributed by atoms with E-state index in [9.17, 15) is 13.2 Å². The maximum atomic E-state index is 13.5. The predicted octanol–water partition coefficient (Wildman–Crippen LogP) is 5.16. The number of thiazole rings is 1. The number of amides is 1. The molecule has 0 aliphatic rings. The van der Waals surface area contributed by atoms with Crippen LogP contribution in [0, 0.1) is 13.8 Å². The zero-order chi connectivity index (χ0) is 22.2. The summed E-state index contributed by atoms with van der Waals surface area (Å²) in [5.74, 6) is -0.224. The third-order valence-corrected chi connectivity index (χ3v) is 7.46. The molecule has 7 heteroatoms. The van der Waals surface area contributed by atoms with Gasteiger partial charge < -0.3 is 0 Å². The number of anilines is 1. The number of aromatic nitrogens is 1. The smallest absolute Gasteiger partial charge is 0.260 e. The van der Waals surface area contributed by atoms with Crippen LogP contribution >= 0.6 is 11.3 Å². The predicted molar refractivity (Wildman–Crippen MR) is 126 cm³/mol. The number of hydrogen-bond acceptors (Lipinski definition) is 5. The van der Waals surface area contributed by atoms with Gasteiger partial charge in [-0.15, -0.1) is 0 Å². The number of rotatable bonds is 5. The highest BCUT2D eigenvalue weighted by molar-refractivity contribution is 7.90. The van der Waals surface area contributed by atoms with Crippen molar-refractivity contribution in [2.24, 2.45) is 0 Å². The largest absolute Gasteiger partial charge is 0.279 e. The quantitative estimate of drug-likeness (QED) is 0.421. The maximum Gasteiger partial charge on any atom is 0.260 e. The van der Waals surface area contributed by atoms with Gasteiger partial charge in [0.25, 0.3) is 5.91 Å². The number of fused-ring (bicyclic) bond motifs is 1. The minimum absolute atomic E-state index is 0.185. The second-order valence-corrected chi connectivity index (χ2v) is 10.5.